The van der Waals surface area contributed by atoms with Gasteiger partial charge < -0.3 is 10.1 Å². The van der Waals surface area contributed by atoms with Crippen molar-refractivity contribution in [3.05, 3.63) is 58.1 Å². The monoisotopic (exact) mass is 379 g/mol. The fourth-order valence-corrected chi connectivity index (χ4v) is 3.26. The first-order valence-electron chi connectivity index (χ1n) is 7.94. The van der Waals surface area contributed by atoms with E-state index in [0.717, 1.165) is 17.4 Å². The molecule has 0 fully saturated rings. The number of anilines is 1. The zero-order valence-electron chi connectivity index (χ0n) is 14.7. The molecule has 2 rings (SSSR count). The van der Waals surface area contributed by atoms with Crippen LogP contribution in [0.5, 0.6) is 5.75 Å². The number of methoxy groups -OCH3 is 1. The molecular formula is C17H21N3O5S. The Kier molecular flexibility index (Phi) is 6.17. The molecule has 0 bridgehead atoms. The van der Waals surface area contributed by atoms with E-state index in [0.29, 0.717) is 6.42 Å². The number of nitro groups is 1. The van der Waals surface area contributed by atoms with Crippen LogP contribution < -0.4 is 14.8 Å². The van der Waals surface area contributed by atoms with Crippen molar-refractivity contribution in [3.63, 3.8) is 0 Å². The number of nitrogens with zero attached hydrogens (tertiary/aromatic N) is 1. The molecule has 1 atom stereocenters. The molecule has 0 aliphatic carbocycles. The van der Waals surface area contributed by atoms with E-state index in [1.165, 1.54) is 19.2 Å². The maximum absolute atomic E-state index is 11.9. The van der Waals surface area contributed by atoms with Crippen LogP contribution in [0.2, 0.25) is 0 Å². The molecule has 9 heteroatoms. The van der Waals surface area contributed by atoms with Crippen LogP contribution in [0.4, 0.5) is 11.4 Å². The van der Waals surface area contributed by atoms with Gasteiger partial charge in [-0.25, -0.2) is 13.1 Å². The summed E-state index contributed by atoms with van der Waals surface area (Å²) in [6.45, 7) is 1.95. The van der Waals surface area contributed by atoms with Gasteiger partial charge in [0.05, 0.1) is 23.0 Å². The van der Waals surface area contributed by atoms with Crippen molar-refractivity contribution >= 4 is 21.4 Å². The Morgan fingerprint density at radius 2 is 1.85 bits per heavy atom. The molecule has 0 aromatic heterocycles. The summed E-state index contributed by atoms with van der Waals surface area (Å²) in [7, 11) is -0.929. The Morgan fingerprint density at radius 3 is 2.35 bits per heavy atom. The number of hydrogen-bond acceptors (Lipinski definition) is 6. The normalized spacial score (nSPS) is 12.4. The number of benzene rings is 2. The minimum atomic E-state index is -3.76. The first-order chi connectivity index (χ1) is 12.3. The molecule has 8 nitrogen and oxygen atoms in total. The van der Waals surface area contributed by atoms with E-state index >= 15 is 0 Å². The lowest BCUT2D eigenvalue weighted by Gasteiger charge is -2.19. The van der Waals surface area contributed by atoms with Gasteiger partial charge in [-0.05, 0) is 43.3 Å². The second-order valence-corrected chi connectivity index (χ2v) is 7.41. The minimum absolute atomic E-state index is 0.158. The van der Waals surface area contributed by atoms with Crippen molar-refractivity contribution in [3.8, 4) is 5.75 Å². The van der Waals surface area contributed by atoms with Gasteiger partial charge in [0.2, 0.25) is 10.0 Å². The molecule has 0 saturated heterocycles. The van der Waals surface area contributed by atoms with E-state index in [1.54, 1.807) is 7.11 Å². The predicted octanol–water partition coefficient (Wildman–Crippen LogP) is 3.07. The summed E-state index contributed by atoms with van der Waals surface area (Å²) in [5, 5.41) is 14.5. The van der Waals surface area contributed by atoms with Gasteiger partial charge in [-0.15, -0.1) is 0 Å². The third-order valence-electron chi connectivity index (χ3n) is 4.00. The lowest BCUT2D eigenvalue weighted by atomic mass is 10.0. The number of sulfonamides is 1. The Hall–Kier alpha value is -2.65. The third-order valence-corrected chi connectivity index (χ3v) is 5.41. The number of hydrogen-bond donors (Lipinski definition) is 2. The van der Waals surface area contributed by atoms with E-state index in [2.05, 4.69) is 10.0 Å². The lowest BCUT2D eigenvalue weighted by Crippen LogP contribution is -2.19. The highest BCUT2D eigenvalue weighted by Crippen LogP contribution is 2.32. The van der Waals surface area contributed by atoms with Crippen molar-refractivity contribution in [2.75, 3.05) is 19.5 Å². The molecule has 2 aromatic carbocycles. The van der Waals surface area contributed by atoms with Crippen LogP contribution in [0.3, 0.4) is 0 Å². The van der Waals surface area contributed by atoms with Gasteiger partial charge in [0, 0.05) is 6.07 Å². The molecule has 0 radical (unpaired) electrons. The largest absolute Gasteiger partial charge is 0.497 e. The quantitative estimate of drug-likeness (QED) is 0.539. The average Bonchev–Trinajstić information content (AvgIpc) is 2.66. The highest BCUT2D eigenvalue weighted by Gasteiger charge is 2.22. The second-order valence-electron chi connectivity index (χ2n) is 5.52. The maximum Gasteiger partial charge on any atom is 0.293 e. The molecule has 0 amide bonds. The summed E-state index contributed by atoms with van der Waals surface area (Å²) in [5.41, 5.74) is 0.899. The van der Waals surface area contributed by atoms with Crippen LogP contribution in [0.1, 0.15) is 24.9 Å². The molecule has 0 aliphatic rings. The van der Waals surface area contributed by atoms with Crippen LogP contribution in [0.25, 0.3) is 0 Å². The Balaban J connectivity index is 2.38. The number of nitrogens with one attached hydrogen (secondary N) is 2. The molecule has 140 valence electrons. The molecule has 26 heavy (non-hydrogen) atoms. The van der Waals surface area contributed by atoms with Gasteiger partial charge >= 0.3 is 0 Å². The smallest absolute Gasteiger partial charge is 0.293 e. The molecule has 0 aliphatic heterocycles. The fourth-order valence-electron chi connectivity index (χ4n) is 2.51. The van der Waals surface area contributed by atoms with E-state index in [9.17, 15) is 18.5 Å². The van der Waals surface area contributed by atoms with Crippen LogP contribution >= 0.6 is 0 Å². The number of rotatable bonds is 8. The highest BCUT2D eigenvalue weighted by molar-refractivity contribution is 7.89. The van der Waals surface area contributed by atoms with Crippen molar-refractivity contribution in [1.82, 2.24) is 4.72 Å². The van der Waals surface area contributed by atoms with Crippen molar-refractivity contribution < 1.29 is 18.1 Å². The topological polar surface area (TPSA) is 111 Å². The second kappa shape index (κ2) is 8.15. The predicted molar refractivity (Wildman–Crippen MR) is 99.0 cm³/mol. The van der Waals surface area contributed by atoms with E-state index in [1.807, 2.05) is 31.2 Å². The summed E-state index contributed by atoms with van der Waals surface area (Å²) in [6, 6.07) is 11.0. The first-order valence-corrected chi connectivity index (χ1v) is 9.43. The molecular weight excluding hydrogens is 358 g/mol. The van der Waals surface area contributed by atoms with E-state index in [4.69, 9.17) is 4.74 Å². The molecule has 2 aromatic rings. The summed E-state index contributed by atoms with van der Waals surface area (Å²) < 4.78 is 31.0. The van der Waals surface area contributed by atoms with Crippen LogP contribution in [-0.4, -0.2) is 27.5 Å². The summed E-state index contributed by atoms with van der Waals surface area (Å²) >= 11 is 0. The Morgan fingerprint density at radius 1 is 1.19 bits per heavy atom. The molecule has 1 unspecified atom stereocenters. The minimum Gasteiger partial charge on any atom is -0.497 e. The number of ether oxygens (including phenoxy) is 1. The van der Waals surface area contributed by atoms with Crippen LogP contribution in [0.15, 0.2) is 47.4 Å². The van der Waals surface area contributed by atoms with Gasteiger partial charge in [0.25, 0.3) is 5.69 Å². The van der Waals surface area contributed by atoms with Gasteiger partial charge in [-0.3, -0.25) is 10.1 Å². The van der Waals surface area contributed by atoms with Crippen molar-refractivity contribution in [1.29, 1.82) is 0 Å². The fraction of sp³-hybridized carbons (Fsp3) is 0.294. The summed E-state index contributed by atoms with van der Waals surface area (Å²) in [6.07, 6.45) is 0.681. The molecule has 0 saturated carbocycles. The SMILES string of the molecule is CCC(Nc1ccc(S(=O)(=O)NC)cc1[N+](=O)[O-])c1ccc(OC)cc1. The number of nitro benzene ring substituents is 1. The van der Waals surface area contributed by atoms with Gasteiger partial charge in [0.15, 0.2) is 0 Å². The van der Waals surface area contributed by atoms with Crippen molar-refractivity contribution in [2.45, 2.75) is 24.3 Å². The molecule has 2 N–H and O–H groups in total. The standard InChI is InChI=1S/C17H21N3O5S/c1-4-15(12-5-7-13(25-3)8-6-12)19-16-10-9-14(26(23,24)18-2)11-17(16)20(21)22/h5-11,15,18-19H,4H2,1-3H3. The Labute approximate surface area is 152 Å². The molecule has 0 heterocycles. The maximum atomic E-state index is 11.9. The zero-order valence-corrected chi connectivity index (χ0v) is 15.5. The Bertz CT molecular complexity index is 882. The zero-order chi connectivity index (χ0) is 19.3. The van der Waals surface area contributed by atoms with Crippen LogP contribution in [0, 0.1) is 10.1 Å². The van der Waals surface area contributed by atoms with E-state index in [-0.39, 0.29) is 22.3 Å². The van der Waals surface area contributed by atoms with Gasteiger partial charge in [-0.2, -0.15) is 0 Å². The van der Waals surface area contributed by atoms with Gasteiger partial charge in [-0.1, -0.05) is 19.1 Å². The van der Waals surface area contributed by atoms with E-state index < -0.39 is 14.9 Å². The first kappa shape index (κ1) is 19.7. The highest BCUT2D eigenvalue weighted by atomic mass is 32.2. The lowest BCUT2D eigenvalue weighted by molar-refractivity contribution is -0.384. The average molecular weight is 379 g/mol. The summed E-state index contributed by atoms with van der Waals surface area (Å²) in [5.74, 6) is 0.719. The van der Waals surface area contributed by atoms with Crippen LogP contribution in [-0.2, 0) is 10.0 Å². The third kappa shape index (κ3) is 4.30. The van der Waals surface area contributed by atoms with Crippen molar-refractivity contribution in [2.24, 2.45) is 0 Å². The van der Waals surface area contributed by atoms with Gasteiger partial charge in [0.1, 0.15) is 11.4 Å². The summed E-state index contributed by atoms with van der Waals surface area (Å²) in [4.78, 5) is 10.7. The molecule has 0 spiro atoms.